The molecule has 22 heavy (non-hydrogen) atoms. The molecule has 4 rings (SSSR count). The number of epoxide rings is 1. The van der Waals surface area contributed by atoms with Gasteiger partial charge in [-0.15, -0.1) is 0 Å². The highest BCUT2D eigenvalue weighted by Gasteiger charge is 2.62. The predicted octanol–water partition coefficient (Wildman–Crippen LogP) is 0.918. The number of rotatable bonds is 4. The van der Waals surface area contributed by atoms with Gasteiger partial charge in [-0.2, -0.15) is 0 Å². The molecule has 5 heteroatoms. The number of hydrogen-bond acceptors (Lipinski definition) is 5. The Morgan fingerprint density at radius 3 is 2.68 bits per heavy atom. The van der Waals surface area contributed by atoms with Crippen LogP contribution in [-0.2, 0) is 14.3 Å². The smallest absolute Gasteiger partial charge is 0.316 e. The average Bonchev–Trinajstić information content (AvgIpc) is 3.31. The Morgan fingerprint density at radius 2 is 2.09 bits per heavy atom. The van der Waals surface area contributed by atoms with E-state index in [0.717, 1.165) is 0 Å². The molecule has 1 N–H and O–H groups in total. The molecule has 2 bridgehead atoms. The van der Waals surface area contributed by atoms with Crippen LogP contribution in [0.3, 0.4) is 0 Å². The number of carbonyl (C=O) groups is 1. The summed E-state index contributed by atoms with van der Waals surface area (Å²) in [5.74, 6) is -1.18. The van der Waals surface area contributed by atoms with Crippen molar-refractivity contribution in [2.45, 2.75) is 49.2 Å². The highest BCUT2D eigenvalue weighted by molar-refractivity contribution is 5.78. The van der Waals surface area contributed by atoms with E-state index in [-0.39, 0.29) is 37.0 Å². The number of esters is 1. The number of piperidine rings is 1. The predicted molar refractivity (Wildman–Crippen MR) is 79.4 cm³/mol. The topological polar surface area (TPSA) is 62.3 Å². The summed E-state index contributed by atoms with van der Waals surface area (Å²) in [6.07, 6.45) is 0.452. The van der Waals surface area contributed by atoms with E-state index < -0.39 is 18.9 Å². The van der Waals surface area contributed by atoms with Crippen LogP contribution in [0.15, 0.2) is 30.3 Å². The van der Waals surface area contributed by atoms with Crippen LogP contribution in [0.4, 0.5) is 0 Å². The van der Waals surface area contributed by atoms with Gasteiger partial charge in [0.25, 0.3) is 0 Å². The highest BCUT2D eigenvalue weighted by atomic mass is 16.6. The van der Waals surface area contributed by atoms with Gasteiger partial charge in [0.1, 0.15) is 24.2 Å². The van der Waals surface area contributed by atoms with Crippen molar-refractivity contribution in [2.75, 3.05) is 13.6 Å². The summed E-state index contributed by atoms with van der Waals surface area (Å²) < 4.78 is 34.4. The van der Waals surface area contributed by atoms with Crippen LogP contribution in [0, 0.1) is 0 Å². The van der Waals surface area contributed by atoms with Crippen molar-refractivity contribution in [3.63, 3.8) is 0 Å². The standard InChI is InChI=1S/C17H21NO4/c1-18-13-7-11(8-14(18)16-15(13)22-16)21-17(20)12(9-19)10-5-3-2-4-6-10/h2-6,11-16,19H,7-9H2,1H3/t11?,12-,13?,14?,15+,16?/m1/s1/i1D3. The van der Waals surface area contributed by atoms with Crippen LogP contribution >= 0.6 is 0 Å². The van der Waals surface area contributed by atoms with Crippen LogP contribution in [0.1, 0.15) is 28.4 Å². The van der Waals surface area contributed by atoms with Gasteiger partial charge >= 0.3 is 5.97 Å². The first-order valence-electron chi connectivity index (χ1n) is 9.20. The Hall–Kier alpha value is -1.43. The number of ether oxygens (including phenoxy) is 2. The Morgan fingerprint density at radius 1 is 1.41 bits per heavy atom. The minimum atomic E-state index is -2.15. The number of fused-ring (bicyclic) bond motifs is 5. The van der Waals surface area contributed by atoms with Gasteiger partial charge in [-0.3, -0.25) is 9.69 Å². The highest BCUT2D eigenvalue weighted by Crippen LogP contribution is 2.48. The minimum Gasteiger partial charge on any atom is -0.462 e. The van der Waals surface area contributed by atoms with Gasteiger partial charge in [-0.1, -0.05) is 30.3 Å². The lowest BCUT2D eigenvalue weighted by Crippen LogP contribution is -2.48. The van der Waals surface area contributed by atoms with Crippen LogP contribution < -0.4 is 0 Å². The lowest BCUT2D eigenvalue weighted by molar-refractivity contribution is -0.156. The summed E-state index contributed by atoms with van der Waals surface area (Å²) >= 11 is 0. The fourth-order valence-corrected chi connectivity index (χ4v) is 3.79. The van der Waals surface area contributed by atoms with Crippen LogP contribution in [0.5, 0.6) is 0 Å². The second-order valence-corrected chi connectivity index (χ2v) is 6.28. The van der Waals surface area contributed by atoms with Gasteiger partial charge < -0.3 is 14.6 Å². The molecule has 1 aromatic rings. The summed E-state index contributed by atoms with van der Waals surface area (Å²) in [5, 5.41) is 9.59. The third-order valence-corrected chi connectivity index (χ3v) is 5.00. The molecular formula is C17H21NO4. The van der Waals surface area contributed by atoms with E-state index in [0.29, 0.717) is 18.4 Å². The molecule has 3 aliphatic heterocycles. The molecule has 0 aromatic heterocycles. The van der Waals surface area contributed by atoms with E-state index in [2.05, 4.69) is 0 Å². The van der Waals surface area contributed by atoms with Gasteiger partial charge in [0.2, 0.25) is 0 Å². The van der Waals surface area contributed by atoms with Crippen molar-refractivity contribution in [1.82, 2.24) is 4.90 Å². The van der Waals surface area contributed by atoms with Crippen molar-refractivity contribution in [1.29, 1.82) is 0 Å². The van der Waals surface area contributed by atoms with Crippen molar-refractivity contribution < 1.29 is 23.5 Å². The van der Waals surface area contributed by atoms with E-state index in [4.69, 9.17) is 13.6 Å². The number of aliphatic hydroxyl groups excluding tert-OH is 1. The normalized spacial score (nSPS) is 40.0. The first kappa shape index (κ1) is 11.2. The molecule has 0 saturated carbocycles. The number of morpholine rings is 1. The van der Waals surface area contributed by atoms with Crippen LogP contribution in [-0.4, -0.2) is 60.0 Å². The van der Waals surface area contributed by atoms with Crippen LogP contribution in [0.2, 0.25) is 0 Å². The average molecular weight is 306 g/mol. The van der Waals surface area contributed by atoms with Crippen molar-refractivity contribution >= 4 is 5.97 Å². The maximum Gasteiger partial charge on any atom is 0.316 e. The Bertz CT molecular complexity index is 635. The molecule has 4 unspecified atom stereocenters. The first-order valence-corrected chi connectivity index (χ1v) is 7.70. The third kappa shape index (κ3) is 2.24. The van der Waals surface area contributed by atoms with Gasteiger partial charge in [0.05, 0.1) is 6.61 Å². The zero-order valence-corrected chi connectivity index (χ0v) is 12.1. The molecule has 3 heterocycles. The van der Waals surface area contributed by atoms with E-state index >= 15 is 0 Å². The van der Waals surface area contributed by atoms with Crippen molar-refractivity contribution in [2.24, 2.45) is 0 Å². The fourth-order valence-electron chi connectivity index (χ4n) is 3.79. The molecule has 3 aliphatic rings. The molecular weight excluding hydrogens is 282 g/mol. The second-order valence-electron chi connectivity index (χ2n) is 6.28. The number of carbonyl (C=O) groups excluding carboxylic acids is 1. The summed E-state index contributed by atoms with van der Waals surface area (Å²) in [6, 6.07) is 8.56. The minimum absolute atomic E-state index is 0.0584. The Labute approximate surface area is 134 Å². The maximum absolute atomic E-state index is 12.5. The molecule has 0 amide bonds. The molecule has 118 valence electrons. The van der Waals surface area contributed by atoms with Crippen molar-refractivity contribution in [3.8, 4) is 0 Å². The van der Waals surface area contributed by atoms with E-state index in [1.54, 1.807) is 17.0 Å². The molecule has 3 fully saturated rings. The fraction of sp³-hybridized carbons (Fsp3) is 0.588. The first-order chi connectivity index (χ1) is 11.9. The Kier molecular flexibility index (Phi) is 2.71. The van der Waals surface area contributed by atoms with Gasteiger partial charge in [-0.05, 0) is 12.5 Å². The largest absolute Gasteiger partial charge is 0.462 e. The molecule has 0 radical (unpaired) electrons. The SMILES string of the molecule is [2H]C([2H])([2H])N1C2CC(OC(=O)[C@H](CO)c3ccccc3)CC1[C@@H]1OC21. The molecule has 1 aromatic carbocycles. The number of hydrogen-bond donors (Lipinski definition) is 1. The molecule has 3 saturated heterocycles. The van der Waals surface area contributed by atoms with Gasteiger partial charge in [-0.25, -0.2) is 0 Å². The summed E-state index contributed by atoms with van der Waals surface area (Å²) in [7, 11) is 0. The number of benzene rings is 1. The van der Waals surface area contributed by atoms with E-state index in [9.17, 15) is 9.90 Å². The zero-order chi connectivity index (χ0) is 17.8. The zero-order valence-electron chi connectivity index (χ0n) is 15.1. The van der Waals surface area contributed by atoms with E-state index in [1.807, 2.05) is 18.2 Å². The Balaban J connectivity index is 1.44. The summed E-state index contributed by atoms with van der Waals surface area (Å²) in [5.41, 5.74) is 0.712. The summed E-state index contributed by atoms with van der Waals surface area (Å²) in [4.78, 5) is 14.1. The quantitative estimate of drug-likeness (QED) is 0.662. The lowest BCUT2D eigenvalue weighted by atomic mass is 9.97. The molecule has 0 spiro atoms. The van der Waals surface area contributed by atoms with Crippen molar-refractivity contribution in [3.05, 3.63) is 35.9 Å². The summed E-state index contributed by atoms with van der Waals surface area (Å²) in [6.45, 7) is -2.48. The van der Waals surface area contributed by atoms with Crippen LogP contribution in [0.25, 0.3) is 0 Å². The maximum atomic E-state index is 12.5. The van der Waals surface area contributed by atoms with Gasteiger partial charge in [0.15, 0.2) is 0 Å². The molecule has 5 nitrogen and oxygen atoms in total. The molecule has 0 aliphatic carbocycles. The second kappa shape index (κ2) is 5.33. The monoisotopic (exact) mass is 306 g/mol. The van der Waals surface area contributed by atoms with E-state index in [1.165, 1.54) is 0 Å². The third-order valence-electron chi connectivity index (χ3n) is 5.00. The number of nitrogens with zero attached hydrogens (tertiary/aromatic N) is 1. The van der Waals surface area contributed by atoms with Gasteiger partial charge in [0, 0.05) is 29.0 Å². The molecule has 6 atom stereocenters. The number of likely N-dealkylation sites (N-methyl/N-ethyl adjacent to an activating group) is 1. The lowest BCUT2D eigenvalue weighted by Gasteiger charge is -2.38. The number of aliphatic hydroxyl groups is 1.